The number of nitrogens with zero attached hydrogens (tertiary/aromatic N) is 2. The molecule has 0 bridgehead atoms. The third-order valence-electron chi connectivity index (χ3n) is 2.67. The van der Waals surface area contributed by atoms with Crippen molar-refractivity contribution in [2.45, 2.75) is 13.8 Å². The quantitative estimate of drug-likeness (QED) is 0.839. The Morgan fingerprint density at radius 1 is 1.39 bits per heavy atom. The maximum absolute atomic E-state index is 11.6. The van der Waals surface area contributed by atoms with Crippen LogP contribution in [0.25, 0.3) is 11.4 Å². The van der Waals surface area contributed by atoms with Crippen LogP contribution in [0.15, 0.2) is 24.3 Å². The number of aryl methyl sites for hydroxylation is 1. The van der Waals surface area contributed by atoms with Crippen LogP contribution in [-0.4, -0.2) is 27.7 Å². The maximum atomic E-state index is 11.6. The number of phenols is 1. The second-order valence-electron chi connectivity index (χ2n) is 3.92. The second-order valence-corrected chi connectivity index (χ2v) is 3.92. The molecule has 0 aliphatic carbocycles. The van der Waals surface area contributed by atoms with Crippen molar-refractivity contribution < 1.29 is 14.7 Å². The molecule has 2 aromatic rings. The van der Waals surface area contributed by atoms with Gasteiger partial charge in [-0.1, -0.05) is 12.1 Å². The minimum Gasteiger partial charge on any atom is -0.507 e. The summed E-state index contributed by atoms with van der Waals surface area (Å²) < 4.78 is 1.34. The van der Waals surface area contributed by atoms with E-state index in [0.29, 0.717) is 22.8 Å². The van der Waals surface area contributed by atoms with Gasteiger partial charge in [-0.2, -0.15) is 4.73 Å². The molecule has 0 spiro atoms. The molecule has 0 amide bonds. The molecule has 0 aliphatic heterocycles. The van der Waals surface area contributed by atoms with Crippen LogP contribution in [0.5, 0.6) is 5.75 Å². The summed E-state index contributed by atoms with van der Waals surface area (Å²) in [6.45, 7) is 3.18. The minimum atomic E-state index is -0.136. The molecule has 0 radical (unpaired) electrons. The van der Waals surface area contributed by atoms with Crippen LogP contribution < -0.4 is 4.84 Å². The Kier molecular flexibility index (Phi) is 3.06. The highest BCUT2D eigenvalue weighted by molar-refractivity contribution is 5.94. The SMILES string of the molecule is COn1c(-c2ccccc2O)nc(C)c1C(C)=O. The molecular formula is C13H14N2O3. The number of aromatic nitrogens is 2. The zero-order valence-corrected chi connectivity index (χ0v) is 10.5. The molecule has 1 heterocycles. The van der Waals surface area contributed by atoms with Gasteiger partial charge >= 0.3 is 0 Å². The summed E-state index contributed by atoms with van der Waals surface area (Å²) in [6.07, 6.45) is 0. The Bertz CT molecular complexity index is 602. The van der Waals surface area contributed by atoms with E-state index in [9.17, 15) is 9.90 Å². The highest BCUT2D eigenvalue weighted by Gasteiger charge is 2.21. The number of rotatable bonds is 3. The smallest absolute Gasteiger partial charge is 0.181 e. The van der Waals surface area contributed by atoms with Crippen molar-refractivity contribution in [3.8, 4) is 17.1 Å². The van der Waals surface area contributed by atoms with Crippen molar-refractivity contribution in [1.29, 1.82) is 0 Å². The fraction of sp³-hybridized carbons (Fsp3) is 0.231. The summed E-state index contributed by atoms with van der Waals surface area (Å²) in [6, 6.07) is 6.79. The lowest BCUT2D eigenvalue weighted by molar-refractivity contribution is 0.0957. The van der Waals surface area contributed by atoms with Crippen LogP contribution in [0.2, 0.25) is 0 Å². The van der Waals surface area contributed by atoms with Gasteiger partial charge in [0, 0.05) is 6.92 Å². The van der Waals surface area contributed by atoms with Gasteiger partial charge < -0.3 is 9.94 Å². The molecule has 5 nitrogen and oxygen atoms in total. The standard InChI is InChI=1S/C13H14N2O3/c1-8-12(9(2)16)15(18-3)13(14-8)10-6-4-5-7-11(10)17/h4-7,17H,1-3H3. The van der Waals surface area contributed by atoms with Gasteiger partial charge in [-0.3, -0.25) is 4.79 Å². The van der Waals surface area contributed by atoms with Crippen LogP contribution in [0.4, 0.5) is 0 Å². The molecule has 0 saturated carbocycles. The van der Waals surface area contributed by atoms with Gasteiger partial charge in [0.25, 0.3) is 0 Å². The molecule has 0 aliphatic rings. The number of para-hydroxylation sites is 1. The molecular weight excluding hydrogens is 232 g/mol. The number of Topliss-reactive ketones (excluding diaryl/α,β-unsaturated/α-hetero) is 1. The van der Waals surface area contributed by atoms with E-state index in [4.69, 9.17) is 4.84 Å². The first-order valence-electron chi connectivity index (χ1n) is 5.49. The fourth-order valence-electron chi connectivity index (χ4n) is 1.92. The third-order valence-corrected chi connectivity index (χ3v) is 2.67. The molecule has 0 unspecified atom stereocenters. The predicted octanol–water partition coefficient (Wildman–Crippen LogP) is 1.83. The lowest BCUT2D eigenvalue weighted by atomic mass is 10.2. The number of benzene rings is 1. The summed E-state index contributed by atoms with van der Waals surface area (Å²) in [5.74, 6) is 0.373. The summed E-state index contributed by atoms with van der Waals surface area (Å²) in [7, 11) is 1.46. The van der Waals surface area contributed by atoms with Crippen molar-refractivity contribution in [2.24, 2.45) is 0 Å². The van der Waals surface area contributed by atoms with Crippen LogP contribution in [-0.2, 0) is 0 Å². The first-order chi connectivity index (χ1) is 8.56. The van der Waals surface area contributed by atoms with Gasteiger partial charge in [-0.25, -0.2) is 4.98 Å². The van der Waals surface area contributed by atoms with Gasteiger partial charge in [0.05, 0.1) is 11.3 Å². The van der Waals surface area contributed by atoms with Crippen LogP contribution in [0, 0.1) is 6.92 Å². The lowest BCUT2D eigenvalue weighted by Crippen LogP contribution is -2.14. The molecule has 5 heteroatoms. The first-order valence-corrected chi connectivity index (χ1v) is 5.49. The first kappa shape index (κ1) is 12.2. The van der Waals surface area contributed by atoms with Crippen molar-refractivity contribution in [3.05, 3.63) is 35.7 Å². The average Bonchev–Trinajstić information content (AvgIpc) is 2.66. The summed E-state index contributed by atoms with van der Waals surface area (Å²) in [5.41, 5.74) is 1.48. The van der Waals surface area contributed by atoms with Gasteiger partial charge in [-0.15, -0.1) is 0 Å². The Morgan fingerprint density at radius 3 is 2.61 bits per heavy atom. The predicted molar refractivity (Wildman–Crippen MR) is 66.6 cm³/mol. The fourth-order valence-corrected chi connectivity index (χ4v) is 1.92. The van der Waals surface area contributed by atoms with E-state index in [1.807, 2.05) is 0 Å². The minimum absolute atomic E-state index is 0.0934. The van der Waals surface area contributed by atoms with E-state index in [1.165, 1.54) is 18.8 Å². The number of carbonyl (C=O) groups is 1. The van der Waals surface area contributed by atoms with Gasteiger partial charge in [-0.05, 0) is 19.1 Å². The maximum Gasteiger partial charge on any atom is 0.181 e. The monoisotopic (exact) mass is 246 g/mol. The third kappa shape index (κ3) is 1.84. The molecule has 1 aromatic carbocycles. The highest BCUT2D eigenvalue weighted by Crippen LogP contribution is 2.29. The van der Waals surface area contributed by atoms with Gasteiger partial charge in [0.2, 0.25) is 0 Å². The van der Waals surface area contributed by atoms with Crippen LogP contribution in [0.3, 0.4) is 0 Å². The van der Waals surface area contributed by atoms with Crippen molar-refractivity contribution in [3.63, 3.8) is 0 Å². The zero-order chi connectivity index (χ0) is 13.3. The second kappa shape index (κ2) is 4.52. The summed E-state index contributed by atoms with van der Waals surface area (Å²) >= 11 is 0. The van der Waals surface area contributed by atoms with E-state index in [1.54, 1.807) is 31.2 Å². The van der Waals surface area contributed by atoms with E-state index >= 15 is 0 Å². The summed E-state index contributed by atoms with van der Waals surface area (Å²) in [5, 5.41) is 9.83. The average molecular weight is 246 g/mol. The number of ketones is 1. The molecule has 18 heavy (non-hydrogen) atoms. The van der Waals surface area contributed by atoms with E-state index in [0.717, 1.165) is 0 Å². The number of imidazole rings is 1. The lowest BCUT2D eigenvalue weighted by Gasteiger charge is -2.09. The molecule has 0 saturated heterocycles. The van der Waals surface area contributed by atoms with Crippen molar-refractivity contribution in [1.82, 2.24) is 9.71 Å². The number of hydrogen-bond acceptors (Lipinski definition) is 4. The van der Waals surface area contributed by atoms with Crippen molar-refractivity contribution in [2.75, 3.05) is 7.11 Å². The topological polar surface area (TPSA) is 64.3 Å². The Labute approximate surface area is 105 Å². The molecule has 0 atom stereocenters. The number of aromatic hydroxyl groups is 1. The Hall–Kier alpha value is -2.30. The molecule has 1 aromatic heterocycles. The normalized spacial score (nSPS) is 10.4. The number of hydrogen-bond donors (Lipinski definition) is 1. The van der Waals surface area contributed by atoms with Crippen LogP contribution in [0.1, 0.15) is 23.1 Å². The van der Waals surface area contributed by atoms with Gasteiger partial charge in [0.15, 0.2) is 11.6 Å². The number of carbonyl (C=O) groups excluding carboxylic acids is 1. The van der Waals surface area contributed by atoms with E-state index in [2.05, 4.69) is 4.98 Å². The molecule has 0 fully saturated rings. The molecule has 1 N–H and O–H groups in total. The van der Waals surface area contributed by atoms with Gasteiger partial charge in [0.1, 0.15) is 18.6 Å². The Morgan fingerprint density at radius 2 is 2.06 bits per heavy atom. The van der Waals surface area contributed by atoms with Crippen LogP contribution >= 0.6 is 0 Å². The Balaban J connectivity index is 2.70. The van der Waals surface area contributed by atoms with Crippen molar-refractivity contribution >= 4 is 5.78 Å². The summed E-state index contributed by atoms with van der Waals surface area (Å²) in [4.78, 5) is 21.1. The van der Waals surface area contributed by atoms with E-state index < -0.39 is 0 Å². The zero-order valence-electron chi connectivity index (χ0n) is 10.5. The van der Waals surface area contributed by atoms with E-state index in [-0.39, 0.29) is 11.5 Å². The number of phenolic OH excluding ortho intramolecular Hbond substituents is 1. The highest BCUT2D eigenvalue weighted by atomic mass is 16.6. The molecule has 2 rings (SSSR count). The molecule has 94 valence electrons. The largest absolute Gasteiger partial charge is 0.507 e.